The predicted molar refractivity (Wildman–Crippen MR) is 89.2 cm³/mol. The van der Waals surface area contributed by atoms with Crippen molar-refractivity contribution in [2.75, 3.05) is 11.1 Å². The maximum atomic E-state index is 12.6. The molecular formula is C14H13N5O2S2. The molecule has 3 N–H and O–H groups in total. The van der Waals surface area contributed by atoms with Crippen LogP contribution < -0.4 is 11.1 Å². The van der Waals surface area contributed by atoms with E-state index in [-0.39, 0.29) is 5.91 Å². The Morgan fingerprint density at radius 2 is 2.13 bits per heavy atom. The molecule has 9 heteroatoms. The molecule has 0 aliphatic rings. The third kappa shape index (κ3) is 3.88. The molecule has 0 bridgehead atoms. The smallest absolute Gasteiger partial charge is 0.243 e. The Hall–Kier alpha value is -2.39. The average Bonchev–Trinajstić information content (AvgIpc) is 3.14. The Kier molecular flexibility index (Phi) is 4.58. The lowest BCUT2D eigenvalue weighted by atomic mass is 10.1. The number of hydrogen-bond donors (Lipinski definition) is 2. The fourth-order valence-corrected chi connectivity index (χ4v) is 3.71. The topological polar surface area (TPSA) is 107 Å². The van der Waals surface area contributed by atoms with Gasteiger partial charge in [-0.1, -0.05) is 58.6 Å². The number of nitrogens with one attached hydrogen (secondary N) is 1. The van der Waals surface area contributed by atoms with Gasteiger partial charge >= 0.3 is 0 Å². The lowest BCUT2D eigenvalue weighted by molar-refractivity contribution is -0.115. The molecule has 0 spiro atoms. The minimum atomic E-state index is -0.499. The Balaban J connectivity index is 1.83. The first-order chi connectivity index (χ1) is 11.1. The number of thioether (sulfide) groups is 1. The molecule has 3 rings (SSSR count). The van der Waals surface area contributed by atoms with Crippen molar-refractivity contribution < 1.29 is 9.32 Å². The number of anilines is 2. The van der Waals surface area contributed by atoms with Gasteiger partial charge in [-0.3, -0.25) is 4.79 Å². The molecule has 1 aromatic carbocycles. The standard InChI is InChI=1S/C14H13N5O2S2/c1-8-7-10(19-21-8)16-12(20)11(9-5-3-2-4-6-9)22-14-18-17-13(15)23-14/h2-7,11H,1H3,(H2,15,17)(H,16,19,20). The van der Waals surface area contributed by atoms with E-state index in [1.807, 2.05) is 30.3 Å². The number of carbonyl (C=O) groups is 1. The largest absolute Gasteiger partial charge is 0.374 e. The van der Waals surface area contributed by atoms with Gasteiger partial charge in [0.05, 0.1) is 0 Å². The summed E-state index contributed by atoms with van der Waals surface area (Å²) < 4.78 is 5.59. The van der Waals surface area contributed by atoms with Crippen molar-refractivity contribution in [3.8, 4) is 0 Å². The maximum absolute atomic E-state index is 12.6. The molecule has 0 fully saturated rings. The number of aromatic nitrogens is 3. The van der Waals surface area contributed by atoms with Gasteiger partial charge in [0.15, 0.2) is 10.2 Å². The van der Waals surface area contributed by atoms with Crippen LogP contribution in [0.15, 0.2) is 45.3 Å². The van der Waals surface area contributed by atoms with Crippen molar-refractivity contribution in [3.05, 3.63) is 47.7 Å². The van der Waals surface area contributed by atoms with Gasteiger partial charge in [0.2, 0.25) is 11.0 Å². The normalized spacial score (nSPS) is 12.0. The summed E-state index contributed by atoms with van der Waals surface area (Å²) in [6.07, 6.45) is 0. The number of benzene rings is 1. The van der Waals surface area contributed by atoms with E-state index >= 15 is 0 Å². The van der Waals surface area contributed by atoms with E-state index in [4.69, 9.17) is 10.3 Å². The molecule has 2 heterocycles. The summed E-state index contributed by atoms with van der Waals surface area (Å²) in [5, 5.41) is 14.1. The Bertz CT molecular complexity index is 802. The van der Waals surface area contributed by atoms with Crippen LogP contribution in [0, 0.1) is 6.92 Å². The summed E-state index contributed by atoms with van der Waals surface area (Å²) >= 11 is 2.53. The molecular weight excluding hydrogens is 334 g/mol. The number of nitrogens with zero attached hydrogens (tertiary/aromatic N) is 3. The number of hydrogen-bond acceptors (Lipinski definition) is 8. The van der Waals surface area contributed by atoms with Crippen LogP contribution in [0.5, 0.6) is 0 Å². The molecule has 0 saturated carbocycles. The highest BCUT2D eigenvalue weighted by molar-refractivity contribution is 8.02. The fraction of sp³-hybridized carbons (Fsp3) is 0.143. The van der Waals surface area contributed by atoms with Gasteiger partial charge in [-0.2, -0.15) is 0 Å². The molecule has 118 valence electrons. The lowest BCUT2D eigenvalue weighted by Crippen LogP contribution is -2.19. The van der Waals surface area contributed by atoms with Crippen molar-refractivity contribution in [2.24, 2.45) is 0 Å². The monoisotopic (exact) mass is 347 g/mol. The van der Waals surface area contributed by atoms with Gasteiger partial charge in [0.1, 0.15) is 11.0 Å². The third-order valence-electron chi connectivity index (χ3n) is 2.86. The average molecular weight is 347 g/mol. The Labute approximate surface area is 140 Å². The number of nitrogens with two attached hydrogens (primary N) is 1. The fourth-order valence-electron chi connectivity index (χ4n) is 1.89. The van der Waals surface area contributed by atoms with Crippen LogP contribution in [0.2, 0.25) is 0 Å². The van der Waals surface area contributed by atoms with Gasteiger partial charge in [-0.15, -0.1) is 10.2 Å². The van der Waals surface area contributed by atoms with Gasteiger partial charge in [-0.05, 0) is 12.5 Å². The molecule has 0 saturated heterocycles. The van der Waals surface area contributed by atoms with Crippen molar-refractivity contribution in [1.29, 1.82) is 0 Å². The van der Waals surface area contributed by atoms with Crippen LogP contribution in [0.25, 0.3) is 0 Å². The molecule has 1 unspecified atom stereocenters. The van der Waals surface area contributed by atoms with Crippen LogP contribution in [0.4, 0.5) is 10.9 Å². The number of amides is 1. The second kappa shape index (κ2) is 6.80. The first-order valence-electron chi connectivity index (χ1n) is 6.66. The van der Waals surface area contributed by atoms with Crippen LogP contribution in [0.1, 0.15) is 16.6 Å². The SMILES string of the molecule is Cc1cc(NC(=O)C(Sc2nnc(N)s2)c2ccccc2)no1. The van der Waals surface area contributed by atoms with Crippen molar-refractivity contribution >= 4 is 40.0 Å². The number of carbonyl (C=O) groups excluding carboxylic acids is 1. The van der Waals surface area contributed by atoms with E-state index in [9.17, 15) is 4.79 Å². The second-order valence-corrected chi connectivity index (χ2v) is 6.99. The molecule has 3 aromatic rings. The first kappa shape index (κ1) is 15.5. The highest BCUT2D eigenvalue weighted by atomic mass is 32.2. The van der Waals surface area contributed by atoms with Gasteiger partial charge in [-0.25, -0.2) is 0 Å². The Morgan fingerprint density at radius 1 is 1.35 bits per heavy atom. The molecule has 1 amide bonds. The number of nitrogen functional groups attached to an aromatic ring is 1. The predicted octanol–water partition coefficient (Wildman–Crippen LogP) is 2.89. The van der Waals surface area contributed by atoms with E-state index in [1.54, 1.807) is 13.0 Å². The van der Waals surface area contributed by atoms with Crippen LogP contribution >= 0.6 is 23.1 Å². The van der Waals surface area contributed by atoms with Gasteiger partial charge < -0.3 is 15.6 Å². The minimum Gasteiger partial charge on any atom is -0.374 e. The van der Waals surface area contributed by atoms with E-state index in [1.165, 1.54) is 23.1 Å². The number of rotatable bonds is 5. The van der Waals surface area contributed by atoms with E-state index < -0.39 is 5.25 Å². The number of aryl methyl sites for hydroxylation is 1. The quantitative estimate of drug-likeness (QED) is 0.683. The highest BCUT2D eigenvalue weighted by Crippen LogP contribution is 2.38. The zero-order chi connectivity index (χ0) is 16.2. The second-order valence-electron chi connectivity index (χ2n) is 4.63. The zero-order valence-corrected chi connectivity index (χ0v) is 13.7. The molecule has 7 nitrogen and oxygen atoms in total. The van der Waals surface area contributed by atoms with Crippen LogP contribution in [0.3, 0.4) is 0 Å². The van der Waals surface area contributed by atoms with Crippen LogP contribution in [-0.4, -0.2) is 21.3 Å². The third-order valence-corrected chi connectivity index (χ3v) is 4.95. The van der Waals surface area contributed by atoms with E-state index in [2.05, 4.69) is 20.7 Å². The highest BCUT2D eigenvalue weighted by Gasteiger charge is 2.24. The zero-order valence-electron chi connectivity index (χ0n) is 12.1. The first-order valence-corrected chi connectivity index (χ1v) is 8.36. The molecule has 0 radical (unpaired) electrons. The van der Waals surface area contributed by atoms with Crippen molar-refractivity contribution in [2.45, 2.75) is 16.5 Å². The summed E-state index contributed by atoms with van der Waals surface area (Å²) in [6, 6.07) is 11.1. The van der Waals surface area contributed by atoms with Gasteiger partial charge in [0.25, 0.3) is 0 Å². The minimum absolute atomic E-state index is 0.219. The summed E-state index contributed by atoms with van der Waals surface area (Å²) in [4.78, 5) is 12.6. The van der Waals surface area contributed by atoms with Crippen molar-refractivity contribution in [1.82, 2.24) is 15.4 Å². The molecule has 2 aromatic heterocycles. The summed E-state index contributed by atoms with van der Waals surface area (Å²) in [7, 11) is 0. The molecule has 0 aliphatic heterocycles. The Morgan fingerprint density at radius 3 is 2.74 bits per heavy atom. The summed E-state index contributed by atoms with van der Waals surface area (Å²) in [6.45, 7) is 1.76. The maximum Gasteiger partial charge on any atom is 0.243 e. The molecule has 23 heavy (non-hydrogen) atoms. The van der Waals surface area contributed by atoms with E-state index in [0.717, 1.165) is 5.56 Å². The summed E-state index contributed by atoms with van der Waals surface area (Å²) in [5.74, 6) is 0.787. The lowest BCUT2D eigenvalue weighted by Gasteiger charge is -2.14. The summed E-state index contributed by atoms with van der Waals surface area (Å²) in [5.41, 5.74) is 6.45. The van der Waals surface area contributed by atoms with Crippen LogP contribution in [-0.2, 0) is 4.79 Å². The van der Waals surface area contributed by atoms with E-state index in [0.29, 0.717) is 21.0 Å². The van der Waals surface area contributed by atoms with Gasteiger partial charge in [0, 0.05) is 6.07 Å². The van der Waals surface area contributed by atoms with Crippen molar-refractivity contribution in [3.63, 3.8) is 0 Å². The molecule has 0 aliphatic carbocycles. The molecule has 1 atom stereocenters.